The highest BCUT2D eigenvalue weighted by Crippen LogP contribution is 2.36. The molecule has 3 aromatic rings. The maximum absolute atomic E-state index is 13.6. The summed E-state index contributed by atoms with van der Waals surface area (Å²) in [5.41, 5.74) is 0.946. The number of carbonyl (C=O) groups is 1. The van der Waals surface area contributed by atoms with Crippen LogP contribution in [0.5, 0.6) is 11.5 Å². The molecule has 2 heterocycles. The minimum atomic E-state index is -0.696. The Balaban J connectivity index is 0.00000289. The first-order valence-corrected chi connectivity index (χ1v) is 12.5. The van der Waals surface area contributed by atoms with Gasteiger partial charge in [-0.2, -0.15) is 0 Å². The number of nitrogens with zero attached hydrogens (tertiary/aromatic N) is 3. The molecule has 0 N–H and O–H groups in total. The second-order valence-electron chi connectivity index (χ2n) is 7.18. The number of benzene rings is 2. The average molecular weight is 494 g/mol. The Morgan fingerprint density at radius 1 is 1.12 bits per heavy atom. The van der Waals surface area contributed by atoms with Crippen LogP contribution in [0.4, 0.5) is 5.13 Å². The van der Waals surface area contributed by atoms with E-state index < -0.39 is 6.10 Å². The molecule has 32 heavy (non-hydrogen) atoms. The average Bonchev–Trinajstić information content (AvgIpc) is 3.25. The van der Waals surface area contributed by atoms with Gasteiger partial charge in [0, 0.05) is 18.0 Å². The lowest BCUT2D eigenvalue weighted by Crippen LogP contribution is -2.48. The minimum absolute atomic E-state index is 0. The number of aromatic nitrogens is 1. The number of thioether (sulfide) groups is 1. The fourth-order valence-electron chi connectivity index (χ4n) is 3.59. The molecule has 2 aromatic carbocycles. The van der Waals surface area contributed by atoms with Crippen LogP contribution in [0.1, 0.15) is 13.8 Å². The van der Waals surface area contributed by atoms with Crippen LogP contribution in [0.15, 0.2) is 47.4 Å². The minimum Gasteiger partial charge on any atom is -0.485 e. The van der Waals surface area contributed by atoms with Crippen LogP contribution in [0.3, 0.4) is 0 Å². The second kappa shape index (κ2) is 11.2. The molecule has 1 aliphatic rings. The number of hydrogen-bond acceptors (Lipinski definition) is 7. The van der Waals surface area contributed by atoms with E-state index in [9.17, 15) is 4.79 Å². The Labute approximate surface area is 203 Å². The lowest BCUT2D eigenvalue weighted by Gasteiger charge is -2.30. The number of para-hydroxylation sites is 3. The first-order chi connectivity index (χ1) is 15.1. The molecule has 1 atom stereocenters. The number of ether oxygens (including phenoxy) is 2. The van der Waals surface area contributed by atoms with Crippen molar-refractivity contribution in [3.8, 4) is 11.5 Å². The molecule has 0 bridgehead atoms. The van der Waals surface area contributed by atoms with Gasteiger partial charge >= 0.3 is 0 Å². The molecule has 4 rings (SSSR count). The van der Waals surface area contributed by atoms with E-state index in [1.165, 1.54) is 0 Å². The van der Waals surface area contributed by atoms with Crippen molar-refractivity contribution in [2.75, 3.05) is 43.9 Å². The van der Waals surface area contributed by atoms with Gasteiger partial charge in [0.15, 0.2) is 16.6 Å². The van der Waals surface area contributed by atoms with Crippen molar-refractivity contribution >= 4 is 56.8 Å². The van der Waals surface area contributed by atoms with Gasteiger partial charge in [-0.1, -0.05) is 43.4 Å². The maximum Gasteiger partial charge on any atom is 0.273 e. The van der Waals surface area contributed by atoms with E-state index in [0.717, 1.165) is 34.7 Å². The Hall–Kier alpha value is -2.00. The highest BCUT2D eigenvalue weighted by atomic mass is 35.5. The molecular weight excluding hydrogens is 466 g/mol. The monoisotopic (exact) mass is 493 g/mol. The molecule has 0 radical (unpaired) electrons. The SMILES string of the molecule is CCN(CC)CCN(C(=O)C1COc2ccccc2O1)c1nc2c(SC)cccc2s1.Cl. The van der Waals surface area contributed by atoms with E-state index in [0.29, 0.717) is 23.2 Å². The summed E-state index contributed by atoms with van der Waals surface area (Å²) in [4.78, 5) is 23.6. The van der Waals surface area contributed by atoms with Crippen molar-refractivity contribution in [1.29, 1.82) is 0 Å². The number of hydrogen-bond donors (Lipinski definition) is 0. The second-order valence-corrected chi connectivity index (χ2v) is 9.04. The van der Waals surface area contributed by atoms with Gasteiger partial charge in [0.25, 0.3) is 5.91 Å². The number of rotatable bonds is 8. The van der Waals surface area contributed by atoms with Crippen LogP contribution >= 0.6 is 35.5 Å². The zero-order chi connectivity index (χ0) is 21.8. The molecule has 0 aliphatic carbocycles. The smallest absolute Gasteiger partial charge is 0.273 e. The topological polar surface area (TPSA) is 54.9 Å². The van der Waals surface area contributed by atoms with Gasteiger partial charge in [-0.25, -0.2) is 4.98 Å². The van der Waals surface area contributed by atoms with Gasteiger partial charge in [-0.05, 0) is 43.6 Å². The molecule has 1 unspecified atom stereocenters. The lowest BCUT2D eigenvalue weighted by molar-refractivity contribution is -0.127. The number of fused-ring (bicyclic) bond motifs is 2. The van der Waals surface area contributed by atoms with Gasteiger partial charge in [0.2, 0.25) is 6.10 Å². The molecule has 1 amide bonds. The quantitative estimate of drug-likeness (QED) is 0.414. The van der Waals surface area contributed by atoms with E-state index in [-0.39, 0.29) is 24.9 Å². The zero-order valence-electron chi connectivity index (χ0n) is 18.4. The predicted octanol–water partition coefficient (Wildman–Crippen LogP) is 4.95. The van der Waals surface area contributed by atoms with Crippen molar-refractivity contribution < 1.29 is 14.3 Å². The fourth-order valence-corrected chi connectivity index (χ4v) is 5.24. The molecule has 9 heteroatoms. The first-order valence-electron chi connectivity index (χ1n) is 10.5. The van der Waals surface area contributed by atoms with Crippen LogP contribution in [0.2, 0.25) is 0 Å². The van der Waals surface area contributed by atoms with Gasteiger partial charge in [0.1, 0.15) is 6.61 Å². The summed E-state index contributed by atoms with van der Waals surface area (Å²) in [7, 11) is 0. The summed E-state index contributed by atoms with van der Waals surface area (Å²) < 4.78 is 12.9. The fraction of sp³-hybridized carbons (Fsp3) is 0.391. The van der Waals surface area contributed by atoms with E-state index in [1.807, 2.05) is 36.6 Å². The number of likely N-dealkylation sites (N-methyl/N-ethyl adjacent to an activating group) is 1. The van der Waals surface area contributed by atoms with E-state index >= 15 is 0 Å². The first kappa shape index (κ1) is 24.6. The Morgan fingerprint density at radius 2 is 1.88 bits per heavy atom. The van der Waals surface area contributed by atoms with Crippen LogP contribution in [-0.2, 0) is 4.79 Å². The summed E-state index contributed by atoms with van der Waals surface area (Å²) >= 11 is 3.21. The molecule has 172 valence electrons. The molecule has 0 fully saturated rings. The highest BCUT2D eigenvalue weighted by Gasteiger charge is 2.33. The van der Waals surface area contributed by atoms with Crippen LogP contribution in [-0.4, -0.2) is 60.9 Å². The lowest BCUT2D eigenvalue weighted by atomic mass is 10.2. The third kappa shape index (κ3) is 5.14. The van der Waals surface area contributed by atoms with Crippen LogP contribution < -0.4 is 14.4 Å². The largest absolute Gasteiger partial charge is 0.485 e. The summed E-state index contributed by atoms with van der Waals surface area (Å²) in [5, 5.41) is 0.705. The van der Waals surface area contributed by atoms with Crippen molar-refractivity contribution in [3.05, 3.63) is 42.5 Å². The van der Waals surface area contributed by atoms with Crippen molar-refractivity contribution in [2.45, 2.75) is 24.8 Å². The summed E-state index contributed by atoms with van der Waals surface area (Å²) in [5.74, 6) is 1.15. The molecular formula is C23H28ClN3O3S2. The van der Waals surface area contributed by atoms with Crippen LogP contribution in [0, 0.1) is 0 Å². The highest BCUT2D eigenvalue weighted by molar-refractivity contribution is 7.98. The third-order valence-electron chi connectivity index (χ3n) is 5.41. The number of thiazole rings is 1. The standard InChI is InChI=1S/C23H27N3O3S2.ClH/c1-4-25(5-2)13-14-26(23-24-21-19(30-3)11-8-12-20(21)31-23)22(27)18-15-28-16-9-6-7-10-17(16)29-18;/h6-12,18H,4-5,13-15H2,1-3H3;1H. The number of carbonyl (C=O) groups excluding carboxylic acids is 1. The Morgan fingerprint density at radius 3 is 2.59 bits per heavy atom. The summed E-state index contributed by atoms with van der Waals surface area (Å²) in [6.07, 6.45) is 1.35. The van der Waals surface area contributed by atoms with Crippen molar-refractivity contribution in [3.63, 3.8) is 0 Å². The predicted molar refractivity (Wildman–Crippen MR) is 135 cm³/mol. The van der Waals surface area contributed by atoms with E-state index in [4.69, 9.17) is 14.5 Å². The Kier molecular flexibility index (Phi) is 8.64. The number of anilines is 1. The number of halogens is 1. The molecule has 1 aliphatic heterocycles. The van der Waals surface area contributed by atoms with E-state index in [1.54, 1.807) is 28.0 Å². The van der Waals surface area contributed by atoms with Gasteiger partial charge in [-0.15, -0.1) is 24.2 Å². The van der Waals surface area contributed by atoms with Gasteiger partial charge in [-0.3, -0.25) is 9.69 Å². The van der Waals surface area contributed by atoms with Crippen molar-refractivity contribution in [2.24, 2.45) is 0 Å². The molecule has 0 saturated heterocycles. The Bertz CT molecular complexity index is 1060. The summed E-state index contributed by atoms with van der Waals surface area (Å²) in [6, 6.07) is 13.6. The zero-order valence-corrected chi connectivity index (χ0v) is 20.9. The summed E-state index contributed by atoms with van der Waals surface area (Å²) in [6.45, 7) is 7.65. The molecule has 0 saturated carbocycles. The van der Waals surface area contributed by atoms with Crippen LogP contribution in [0.25, 0.3) is 10.2 Å². The van der Waals surface area contributed by atoms with Crippen molar-refractivity contribution in [1.82, 2.24) is 9.88 Å². The normalized spacial score (nSPS) is 14.9. The maximum atomic E-state index is 13.6. The van der Waals surface area contributed by atoms with Gasteiger partial charge < -0.3 is 14.4 Å². The van der Waals surface area contributed by atoms with E-state index in [2.05, 4.69) is 30.9 Å². The number of amides is 1. The van der Waals surface area contributed by atoms with Gasteiger partial charge in [0.05, 0.1) is 10.2 Å². The molecule has 1 aromatic heterocycles. The third-order valence-corrected chi connectivity index (χ3v) is 7.22. The molecule has 6 nitrogen and oxygen atoms in total. The molecule has 0 spiro atoms.